The molecule has 0 spiro atoms. The van der Waals surface area contributed by atoms with Crippen molar-refractivity contribution in [3.05, 3.63) is 89.7 Å². The van der Waals surface area contributed by atoms with E-state index in [-0.39, 0.29) is 5.75 Å². The quantitative estimate of drug-likeness (QED) is 0.232. The number of fused-ring (bicyclic) bond motifs is 1. The Kier molecular flexibility index (Phi) is 6.35. The molecule has 2 heterocycles. The van der Waals surface area contributed by atoms with Crippen molar-refractivity contribution in [1.29, 1.82) is 0 Å². The van der Waals surface area contributed by atoms with E-state index >= 15 is 0 Å². The summed E-state index contributed by atoms with van der Waals surface area (Å²) in [5.74, 6) is -1.97. The van der Waals surface area contributed by atoms with Crippen molar-refractivity contribution in [2.24, 2.45) is 0 Å². The third-order valence-electron chi connectivity index (χ3n) is 5.34. The number of carbonyl (C=O) groups is 1. The van der Waals surface area contributed by atoms with Crippen LogP contribution in [0.1, 0.15) is 10.4 Å². The molecule has 0 aliphatic heterocycles. The van der Waals surface area contributed by atoms with Gasteiger partial charge in [-0.3, -0.25) is 4.98 Å². The first-order chi connectivity index (χ1) is 17.0. The summed E-state index contributed by atoms with van der Waals surface area (Å²) in [6.45, 7) is 0. The number of pyridine rings is 1. The molecule has 2 N–H and O–H groups in total. The molecule has 5 aromatic rings. The second-order valence-corrected chi connectivity index (χ2v) is 9.21. The van der Waals surface area contributed by atoms with Gasteiger partial charge in [0.15, 0.2) is 0 Å². The van der Waals surface area contributed by atoms with E-state index in [1.54, 1.807) is 6.20 Å². The van der Waals surface area contributed by atoms with E-state index in [1.807, 2.05) is 35.7 Å². The molecule has 9 heteroatoms. The van der Waals surface area contributed by atoms with Crippen LogP contribution in [-0.2, 0) is 0 Å². The van der Waals surface area contributed by atoms with Crippen molar-refractivity contribution >= 4 is 45.8 Å². The van der Waals surface area contributed by atoms with Crippen LogP contribution in [0.5, 0.6) is 5.75 Å². The molecule has 0 radical (unpaired) electrons. The van der Waals surface area contributed by atoms with Crippen molar-refractivity contribution < 1.29 is 19.0 Å². The predicted molar refractivity (Wildman–Crippen MR) is 138 cm³/mol. The zero-order chi connectivity index (χ0) is 24.4. The highest BCUT2D eigenvalue weighted by atomic mass is 32.2. The van der Waals surface area contributed by atoms with Gasteiger partial charge in [-0.05, 0) is 35.4 Å². The molecule has 0 amide bonds. The fourth-order valence-corrected chi connectivity index (χ4v) is 5.17. The Bertz CT molecular complexity index is 1540. The van der Waals surface area contributed by atoms with Crippen LogP contribution in [0, 0.1) is 5.82 Å². The first kappa shape index (κ1) is 22.8. The van der Waals surface area contributed by atoms with Crippen molar-refractivity contribution in [2.45, 2.75) is 5.03 Å². The Hall–Kier alpha value is -3.95. The smallest absolute Gasteiger partial charge is 0.338 e. The van der Waals surface area contributed by atoms with E-state index in [0.717, 1.165) is 44.7 Å². The van der Waals surface area contributed by atoms with Crippen molar-refractivity contribution in [3.8, 4) is 27.4 Å². The van der Waals surface area contributed by atoms with Crippen LogP contribution in [0.2, 0.25) is 0 Å². The number of carboxylic acid groups (broad SMARTS) is 1. The standard InChI is InChI=1S/C26H18FN3O3S2/c1-33-23-12-19(26(31)32)20(27)13-22(23)30-35-24-14-34-25(29-24)16-6-4-15(5-7-16)17-8-9-21-18(11-17)3-2-10-28-21/h2-14,30H,1H3,(H,31,32). The van der Waals surface area contributed by atoms with Crippen molar-refractivity contribution in [3.63, 3.8) is 0 Å². The molecular formula is C26H18FN3O3S2. The summed E-state index contributed by atoms with van der Waals surface area (Å²) >= 11 is 2.69. The first-order valence-electron chi connectivity index (χ1n) is 10.5. The zero-order valence-corrected chi connectivity index (χ0v) is 20.0. The summed E-state index contributed by atoms with van der Waals surface area (Å²) in [5.41, 5.74) is 4.05. The highest BCUT2D eigenvalue weighted by Crippen LogP contribution is 2.34. The highest BCUT2D eigenvalue weighted by Gasteiger charge is 2.16. The number of aromatic carboxylic acids is 1. The lowest BCUT2D eigenvalue weighted by atomic mass is 10.0. The molecule has 0 saturated carbocycles. The van der Waals surface area contributed by atoms with Gasteiger partial charge in [0.05, 0.1) is 23.9 Å². The largest absolute Gasteiger partial charge is 0.495 e. The number of ether oxygens (including phenoxy) is 1. The van der Waals surface area contributed by atoms with Gasteiger partial charge in [0.1, 0.15) is 21.6 Å². The lowest BCUT2D eigenvalue weighted by Gasteiger charge is -2.11. The lowest BCUT2D eigenvalue weighted by molar-refractivity contribution is 0.0691. The van der Waals surface area contributed by atoms with Gasteiger partial charge in [-0.15, -0.1) is 11.3 Å². The Morgan fingerprint density at radius 3 is 2.60 bits per heavy atom. The monoisotopic (exact) mass is 503 g/mol. The number of halogens is 1. The van der Waals surface area contributed by atoms with Gasteiger partial charge in [-0.1, -0.05) is 36.4 Å². The molecule has 0 saturated heterocycles. The minimum Gasteiger partial charge on any atom is -0.495 e. The normalized spacial score (nSPS) is 10.9. The van der Waals surface area contributed by atoms with Crippen LogP contribution in [-0.4, -0.2) is 28.2 Å². The number of rotatable bonds is 7. The number of nitrogens with zero attached hydrogens (tertiary/aromatic N) is 2. The number of carboxylic acids is 1. The van der Waals surface area contributed by atoms with Crippen molar-refractivity contribution in [2.75, 3.05) is 11.8 Å². The van der Waals surface area contributed by atoms with Gasteiger partial charge in [0, 0.05) is 40.5 Å². The second kappa shape index (κ2) is 9.73. The number of thiazole rings is 1. The molecular weight excluding hydrogens is 485 g/mol. The van der Waals surface area contributed by atoms with Crippen LogP contribution in [0.3, 0.4) is 0 Å². The minimum atomic E-state index is -1.35. The average Bonchev–Trinajstić information content (AvgIpc) is 3.36. The molecule has 174 valence electrons. The first-order valence-corrected chi connectivity index (χ1v) is 12.2. The number of methoxy groups -OCH3 is 1. The van der Waals surface area contributed by atoms with Gasteiger partial charge in [-0.25, -0.2) is 14.2 Å². The van der Waals surface area contributed by atoms with Crippen LogP contribution in [0.4, 0.5) is 10.1 Å². The maximum absolute atomic E-state index is 14.1. The number of benzene rings is 3. The molecule has 3 aromatic carbocycles. The molecule has 0 unspecified atom stereocenters. The van der Waals surface area contributed by atoms with Crippen LogP contribution in [0.15, 0.2) is 83.3 Å². The van der Waals surface area contributed by atoms with E-state index in [2.05, 4.69) is 39.0 Å². The third-order valence-corrected chi connectivity index (χ3v) is 7.12. The molecule has 0 fully saturated rings. The summed E-state index contributed by atoms with van der Waals surface area (Å²) in [7, 11) is 1.40. The van der Waals surface area contributed by atoms with Crippen LogP contribution in [0.25, 0.3) is 32.6 Å². The molecule has 0 atom stereocenters. The number of hydrogen-bond acceptors (Lipinski definition) is 7. The van der Waals surface area contributed by atoms with E-state index in [4.69, 9.17) is 9.84 Å². The summed E-state index contributed by atoms with van der Waals surface area (Å²) in [4.78, 5) is 20.2. The average molecular weight is 504 g/mol. The van der Waals surface area contributed by atoms with E-state index in [9.17, 15) is 9.18 Å². The minimum absolute atomic E-state index is 0.229. The Morgan fingerprint density at radius 1 is 1.06 bits per heavy atom. The lowest BCUT2D eigenvalue weighted by Crippen LogP contribution is -2.03. The molecule has 5 rings (SSSR count). The fraction of sp³-hybridized carbons (Fsp3) is 0.0385. The van der Waals surface area contributed by atoms with E-state index in [0.29, 0.717) is 10.7 Å². The van der Waals surface area contributed by atoms with E-state index < -0.39 is 17.3 Å². The molecule has 2 aromatic heterocycles. The van der Waals surface area contributed by atoms with Crippen LogP contribution >= 0.6 is 23.3 Å². The third kappa shape index (κ3) is 4.82. The summed E-state index contributed by atoms with van der Waals surface area (Å²) in [5, 5.41) is 13.6. The second-order valence-electron chi connectivity index (χ2n) is 7.52. The van der Waals surface area contributed by atoms with Gasteiger partial charge in [0.25, 0.3) is 0 Å². The number of anilines is 1. The molecule has 0 aliphatic carbocycles. The highest BCUT2D eigenvalue weighted by molar-refractivity contribution is 8.00. The maximum Gasteiger partial charge on any atom is 0.338 e. The zero-order valence-electron chi connectivity index (χ0n) is 18.4. The van der Waals surface area contributed by atoms with Crippen LogP contribution < -0.4 is 9.46 Å². The number of hydrogen-bond donors (Lipinski definition) is 2. The van der Waals surface area contributed by atoms with Crippen molar-refractivity contribution in [1.82, 2.24) is 9.97 Å². The Balaban J connectivity index is 1.31. The predicted octanol–water partition coefficient (Wildman–Crippen LogP) is 6.99. The molecule has 35 heavy (non-hydrogen) atoms. The van der Waals surface area contributed by atoms with E-state index in [1.165, 1.54) is 30.4 Å². The van der Waals surface area contributed by atoms with Gasteiger partial charge >= 0.3 is 5.97 Å². The van der Waals surface area contributed by atoms with Gasteiger partial charge in [0.2, 0.25) is 0 Å². The number of aromatic nitrogens is 2. The molecule has 0 bridgehead atoms. The molecule has 0 aliphatic rings. The summed E-state index contributed by atoms with van der Waals surface area (Å²) in [6.07, 6.45) is 1.79. The SMILES string of the molecule is COc1cc(C(=O)O)c(F)cc1NSc1csc(-c2ccc(-c3ccc4ncccc4c3)cc2)n1. The topological polar surface area (TPSA) is 84.3 Å². The van der Waals surface area contributed by atoms with Gasteiger partial charge in [-0.2, -0.15) is 0 Å². The summed E-state index contributed by atoms with van der Waals surface area (Å²) < 4.78 is 22.3. The Morgan fingerprint density at radius 2 is 1.83 bits per heavy atom. The summed E-state index contributed by atoms with van der Waals surface area (Å²) in [6, 6.07) is 20.6. The van der Waals surface area contributed by atoms with Gasteiger partial charge < -0.3 is 14.6 Å². The number of nitrogens with one attached hydrogen (secondary N) is 1. The molecule has 6 nitrogen and oxygen atoms in total. The maximum atomic E-state index is 14.1. The fourth-order valence-electron chi connectivity index (χ4n) is 3.57. The Labute approximate surface area is 208 Å².